The molecule has 0 aromatic carbocycles. The van der Waals surface area contributed by atoms with E-state index in [1.807, 2.05) is 10.9 Å². The smallest absolute Gasteiger partial charge is 0.0850 e. The van der Waals surface area contributed by atoms with Gasteiger partial charge in [0.25, 0.3) is 0 Å². The number of hydrogen-bond acceptors (Lipinski definition) is 3. The molecular weight excluding hydrogens is 238 g/mol. The molecule has 1 aromatic heterocycles. The van der Waals surface area contributed by atoms with Crippen LogP contribution >= 0.6 is 0 Å². The van der Waals surface area contributed by atoms with Crippen LogP contribution in [0.5, 0.6) is 0 Å². The van der Waals surface area contributed by atoms with Crippen LogP contribution in [0, 0.1) is 0 Å². The monoisotopic (exact) mass is 265 g/mol. The van der Waals surface area contributed by atoms with E-state index in [1.54, 1.807) is 0 Å². The third kappa shape index (κ3) is 3.37. The van der Waals surface area contributed by atoms with Crippen molar-refractivity contribution in [2.24, 2.45) is 0 Å². The summed E-state index contributed by atoms with van der Waals surface area (Å²) in [4.78, 5) is 0. The first-order valence-electron chi connectivity index (χ1n) is 7.59. The number of hydrogen-bond donors (Lipinski definition) is 1. The van der Waals surface area contributed by atoms with Crippen LogP contribution in [0.2, 0.25) is 0 Å². The number of aromatic nitrogens is 2. The highest BCUT2D eigenvalue weighted by Gasteiger charge is 2.39. The van der Waals surface area contributed by atoms with E-state index in [4.69, 9.17) is 4.74 Å². The lowest BCUT2D eigenvalue weighted by Crippen LogP contribution is -2.41. The van der Waals surface area contributed by atoms with Gasteiger partial charge >= 0.3 is 0 Å². The van der Waals surface area contributed by atoms with E-state index in [9.17, 15) is 0 Å². The van der Waals surface area contributed by atoms with E-state index in [-0.39, 0.29) is 11.6 Å². The summed E-state index contributed by atoms with van der Waals surface area (Å²) in [7, 11) is 0. The summed E-state index contributed by atoms with van der Waals surface area (Å²) in [5, 5.41) is 8.10. The summed E-state index contributed by atoms with van der Waals surface area (Å²) < 4.78 is 8.06. The largest absolute Gasteiger partial charge is 0.373 e. The second kappa shape index (κ2) is 6.53. The topological polar surface area (TPSA) is 39.1 Å². The second-order valence-corrected chi connectivity index (χ2v) is 5.69. The minimum absolute atomic E-state index is 0.0880. The molecule has 1 saturated heterocycles. The molecule has 1 aromatic rings. The molecule has 4 heteroatoms. The number of aryl methyl sites for hydroxylation is 1. The van der Waals surface area contributed by atoms with Gasteiger partial charge in [0.15, 0.2) is 0 Å². The Kier molecular flexibility index (Phi) is 4.99. The van der Waals surface area contributed by atoms with Crippen LogP contribution in [0.1, 0.15) is 58.1 Å². The first-order chi connectivity index (χ1) is 9.19. The summed E-state index contributed by atoms with van der Waals surface area (Å²) in [6.07, 6.45) is 8.69. The maximum Gasteiger partial charge on any atom is 0.0850 e. The first kappa shape index (κ1) is 14.5. The highest BCUT2D eigenvalue weighted by molar-refractivity contribution is 5.16. The summed E-state index contributed by atoms with van der Waals surface area (Å²) in [5.74, 6) is 0. The average molecular weight is 265 g/mol. The van der Waals surface area contributed by atoms with Crippen molar-refractivity contribution < 1.29 is 4.74 Å². The van der Waals surface area contributed by atoms with Crippen molar-refractivity contribution in [2.75, 3.05) is 13.2 Å². The predicted molar refractivity (Wildman–Crippen MR) is 77.1 cm³/mol. The van der Waals surface area contributed by atoms with Gasteiger partial charge in [0.05, 0.1) is 17.8 Å². The van der Waals surface area contributed by atoms with Crippen molar-refractivity contribution in [1.29, 1.82) is 0 Å². The van der Waals surface area contributed by atoms with Gasteiger partial charge in [0.1, 0.15) is 0 Å². The standard InChI is InChI=1S/C15H27N3O/c1-4-8-16-14(15(3)7-6-10-19-15)13-11-17-18(12-13)9-5-2/h11-12,14,16H,4-10H2,1-3H3. The van der Waals surface area contributed by atoms with Crippen LogP contribution in [-0.2, 0) is 11.3 Å². The highest BCUT2D eigenvalue weighted by atomic mass is 16.5. The fraction of sp³-hybridized carbons (Fsp3) is 0.800. The zero-order valence-corrected chi connectivity index (χ0v) is 12.5. The number of nitrogens with zero attached hydrogens (tertiary/aromatic N) is 2. The van der Waals surface area contributed by atoms with E-state index in [0.717, 1.165) is 45.4 Å². The van der Waals surface area contributed by atoms with Gasteiger partial charge in [-0.25, -0.2) is 0 Å². The molecule has 0 bridgehead atoms. The maximum absolute atomic E-state index is 6.02. The van der Waals surface area contributed by atoms with E-state index in [2.05, 4.69) is 37.4 Å². The van der Waals surface area contributed by atoms with Gasteiger partial charge in [-0.15, -0.1) is 0 Å². The van der Waals surface area contributed by atoms with Gasteiger partial charge in [0.2, 0.25) is 0 Å². The second-order valence-electron chi connectivity index (χ2n) is 5.69. The van der Waals surface area contributed by atoms with Crippen LogP contribution in [0.3, 0.4) is 0 Å². The summed E-state index contributed by atoms with van der Waals surface area (Å²) >= 11 is 0. The molecule has 108 valence electrons. The molecule has 0 aliphatic carbocycles. The third-order valence-electron chi connectivity index (χ3n) is 3.90. The quantitative estimate of drug-likeness (QED) is 0.824. The minimum Gasteiger partial charge on any atom is -0.373 e. The fourth-order valence-corrected chi connectivity index (χ4v) is 2.88. The van der Waals surface area contributed by atoms with E-state index >= 15 is 0 Å². The Hall–Kier alpha value is -0.870. The fourth-order valence-electron chi connectivity index (χ4n) is 2.88. The molecule has 0 radical (unpaired) electrons. The van der Waals surface area contributed by atoms with Crippen LogP contribution in [-0.4, -0.2) is 28.5 Å². The molecule has 0 amide bonds. The molecule has 0 spiro atoms. The Morgan fingerprint density at radius 3 is 2.95 bits per heavy atom. The Balaban J connectivity index is 2.15. The molecule has 1 aliphatic rings. The Morgan fingerprint density at radius 2 is 2.32 bits per heavy atom. The molecular formula is C15H27N3O. The van der Waals surface area contributed by atoms with Crippen molar-refractivity contribution in [3.05, 3.63) is 18.0 Å². The zero-order valence-electron chi connectivity index (χ0n) is 12.5. The van der Waals surface area contributed by atoms with Crippen molar-refractivity contribution in [1.82, 2.24) is 15.1 Å². The molecule has 1 N–H and O–H groups in total. The molecule has 2 atom stereocenters. The van der Waals surface area contributed by atoms with Gasteiger partial charge in [-0.3, -0.25) is 4.68 Å². The lowest BCUT2D eigenvalue weighted by molar-refractivity contribution is -0.0124. The van der Waals surface area contributed by atoms with Gasteiger partial charge in [0, 0.05) is 24.9 Å². The van der Waals surface area contributed by atoms with Crippen LogP contribution in [0.4, 0.5) is 0 Å². The van der Waals surface area contributed by atoms with E-state index in [1.165, 1.54) is 5.56 Å². The number of ether oxygens (including phenoxy) is 1. The molecule has 19 heavy (non-hydrogen) atoms. The maximum atomic E-state index is 6.02. The number of nitrogens with one attached hydrogen (secondary N) is 1. The van der Waals surface area contributed by atoms with E-state index in [0.29, 0.717) is 0 Å². The predicted octanol–water partition coefficient (Wildman–Crippen LogP) is 2.90. The van der Waals surface area contributed by atoms with Crippen LogP contribution in [0.15, 0.2) is 12.4 Å². The molecule has 1 fully saturated rings. The normalized spacial score (nSPS) is 24.8. The molecule has 2 heterocycles. The third-order valence-corrected chi connectivity index (χ3v) is 3.90. The van der Waals surface area contributed by atoms with Crippen LogP contribution in [0.25, 0.3) is 0 Å². The van der Waals surface area contributed by atoms with E-state index < -0.39 is 0 Å². The molecule has 0 saturated carbocycles. The summed E-state index contributed by atoms with van der Waals surface area (Å²) in [6, 6.07) is 0.251. The minimum atomic E-state index is -0.0880. The molecule has 4 nitrogen and oxygen atoms in total. The number of rotatable bonds is 7. The van der Waals surface area contributed by atoms with Crippen molar-refractivity contribution in [3.63, 3.8) is 0 Å². The summed E-state index contributed by atoms with van der Waals surface area (Å²) in [6.45, 7) is 9.48. The van der Waals surface area contributed by atoms with Crippen molar-refractivity contribution in [3.8, 4) is 0 Å². The lowest BCUT2D eigenvalue weighted by Gasteiger charge is -2.33. The van der Waals surface area contributed by atoms with Gasteiger partial charge in [-0.05, 0) is 39.2 Å². The first-order valence-corrected chi connectivity index (χ1v) is 7.59. The Morgan fingerprint density at radius 1 is 1.47 bits per heavy atom. The van der Waals surface area contributed by atoms with Gasteiger partial charge in [-0.2, -0.15) is 5.10 Å². The van der Waals surface area contributed by atoms with Gasteiger partial charge < -0.3 is 10.1 Å². The lowest BCUT2D eigenvalue weighted by atomic mass is 9.89. The van der Waals surface area contributed by atoms with Crippen molar-refractivity contribution in [2.45, 2.75) is 64.6 Å². The van der Waals surface area contributed by atoms with Gasteiger partial charge in [-0.1, -0.05) is 13.8 Å². The average Bonchev–Trinajstić information content (AvgIpc) is 3.01. The van der Waals surface area contributed by atoms with Crippen LogP contribution < -0.4 is 5.32 Å². The SMILES string of the molecule is CCCNC(c1cnn(CCC)c1)C1(C)CCCO1. The Labute approximate surface area is 116 Å². The molecule has 2 unspecified atom stereocenters. The molecule has 2 rings (SSSR count). The summed E-state index contributed by atoms with van der Waals surface area (Å²) in [5.41, 5.74) is 1.17. The highest BCUT2D eigenvalue weighted by Crippen LogP contribution is 2.37. The Bertz CT molecular complexity index is 382. The van der Waals surface area contributed by atoms with Crippen molar-refractivity contribution >= 4 is 0 Å². The zero-order chi connectivity index (χ0) is 13.7. The molecule has 1 aliphatic heterocycles.